The van der Waals surface area contributed by atoms with Gasteiger partial charge in [-0.2, -0.15) is 0 Å². The van der Waals surface area contributed by atoms with E-state index in [0.29, 0.717) is 0 Å². The molecule has 0 heterocycles. The lowest BCUT2D eigenvalue weighted by Crippen LogP contribution is -2.41. The Labute approximate surface area is 84.7 Å². The van der Waals surface area contributed by atoms with Crippen molar-refractivity contribution in [3.63, 3.8) is 0 Å². The molecule has 4 nitrogen and oxygen atoms in total. The fourth-order valence-electron chi connectivity index (χ4n) is 1.06. The number of benzene rings is 1. The van der Waals surface area contributed by atoms with Gasteiger partial charge in [0.05, 0.1) is 17.9 Å². The summed E-state index contributed by atoms with van der Waals surface area (Å²) in [7, 11) is 0. The highest BCUT2D eigenvalue weighted by atomic mass is 35.5. The van der Waals surface area contributed by atoms with Crippen LogP contribution in [0.4, 0.5) is 0 Å². The maximum atomic E-state index is 10.5. The Morgan fingerprint density at radius 2 is 1.64 bits per heavy atom. The summed E-state index contributed by atoms with van der Waals surface area (Å²) in [4.78, 5) is 21.0. The lowest BCUT2D eigenvalue weighted by molar-refractivity contribution is -0.326. The van der Waals surface area contributed by atoms with Crippen LogP contribution in [-0.4, -0.2) is 11.9 Å². The Balaban J connectivity index is 3.18. The van der Waals surface area contributed by atoms with Gasteiger partial charge in [-0.25, -0.2) is 0 Å². The van der Waals surface area contributed by atoms with Crippen molar-refractivity contribution in [2.45, 2.75) is 5.92 Å². The van der Waals surface area contributed by atoms with Crippen molar-refractivity contribution in [1.29, 1.82) is 0 Å². The van der Waals surface area contributed by atoms with E-state index in [-0.39, 0.29) is 10.6 Å². The molecular formula is C9H5ClO4-2. The summed E-state index contributed by atoms with van der Waals surface area (Å²) < 4.78 is 0. The summed E-state index contributed by atoms with van der Waals surface area (Å²) in [6.07, 6.45) is 0. The molecule has 0 saturated heterocycles. The molecule has 0 bridgehead atoms. The van der Waals surface area contributed by atoms with Crippen molar-refractivity contribution in [3.8, 4) is 0 Å². The topological polar surface area (TPSA) is 80.3 Å². The zero-order valence-corrected chi connectivity index (χ0v) is 7.65. The number of carboxylic acids is 2. The number of carbonyl (C=O) groups excluding carboxylic acids is 2. The van der Waals surface area contributed by atoms with Crippen molar-refractivity contribution in [2.24, 2.45) is 0 Å². The van der Waals surface area contributed by atoms with Crippen molar-refractivity contribution >= 4 is 23.5 Å². The third-order valence-corrected chi connectivity index (χ3v) is 2.03. The molecule has 0 saturated carbocycles. The van der Waals surface area contributed by atoms with Crippen LogP contribution in [0, 0.1) is 0 Å². The van der Waals surface area contributed by atoms with Gasteiger partial charge in [-0.3, -0.25) is 0 Å². The van der Waals surface area contributed by atoms with Crippen molar-refractivity contribution in [2.75, 3.05) is 0 Å². The van der Waals surface area contributed by atoms with Gasteiger partial charge in [0.15, 0.2) is 0 Å². The summed E-state index contributed by atoms with van der Waals surface area (Å²) in [5, 5.41) is 21.1. The number of hydrogen-bond acceptors (Lipinski definition) is 4. The van der Waals surface area contributed by atoms with Gasteiger partial charge in [-0.05, 0) is 11.6 Å². The largest absolute Gasteiger partial charge is 0.549 e. The molecule has 0 unspecified atom stereocenters. The standard InChI is InChI=1S/C9H7ClO4/c10-6-4-2-1-3-5(6)7(8(11)12)9(13)14/h1-4,7H,(H,11,12)(H,13,14)/p-2. The molecule has 0 spiro atoms. The van der Waals surface area contributed by atoms with E-state index in [4.69, 9.17) is 11.6 Å². The van der Waals surface area contributed by atoms with E-state index in [0.717, 1.165) is 0 Å². The third kappa shape index (κ3) is 2.03. The molecule has 0 radical (unpaired) electrons. The van der Waals surface area contributed by atoms with Gasteiger partial charge in [0.1, 0.15) is 0 Å². The van der Waals surface area contributed by atoms with Crippen LogP contribution in [0.5, 0.6) is 0 Å². The van der Waals surface area contributed by atoms with E-state index in [1.165, 1.54) is 18.2 Å². The normalized spacial score (nSPS) is 10.1. The van der Waals surface area contributed by atoms with E-state index in [1.807, 2.05) is 0 Å². The van der Waals surface area contributed by atoms with E-state index in [2.05, 4.69) is 0 Å². The van der Waals surface area contributed by atoms with Crippen LogP contribution >= 0.6 is 11.6 Å². The second-order valence-electron chi connectivity index (χ2n) is 2.59. The second kappa shape index (κ2) is 4.11. The predicted octanol–water partition coefficient (Wildman–Crippen LogP) is -1.08. The average molecular weight is 213 g/mol. The molecule has 0 atom stereocenters. The van der Waals surface area contributed by atoms with Crippen LogP contribution in [0.15, 0.2) is 24.3 Å². The molecule has 1 aromatic carbocycles. The van der Waals surface area contributed by atoms with Crippen LogP contribution in [0.3, 0.4) is 0 Å². The van der Waals surface area contributed by atoms with E-state index in [9.17, 15) is 19.8 Å². The van der Waals surface area contributed by atoms with Crippen LogP contribution in [0.25, 0.3) is 0 Å². The Bertz CT molecular complexity index is 361. The summed E-state index contributed by atoms with van der Waals surface area (Å²) in [6.45, 7) is 0. The fraction of sp³-hybridized carbons (Fsp3) is 0.111. The molecule has 14 heavy (non-hydrogen) atoms. The van der Waals surface area contributed by atoms with Crippen molar-refractivity contribution in [1.82, 2.24) is 0 Å². The highest BCUT2D eigenvalue weighted by Crippen LogP contribution is 2.23. The van der Waals surface area contributed by atoms with Gasteiger partial charge in [0.2, 0.25) is 0 Å². The summed E-state index contributed by atoms with van der Waals surface area (Å²) in [5.74, 6) is -5.31. The first-order valence-corrected chi connectivity index (χ1v) is 4.08. The molecule has 0 amide bonds. The number of aliphatic carboxylic acids is 2. The summed E-state index contributed by atoms with van der Waals surface area (Å²) >= 11 is 5.62. The number of rotatable bonds is 3. The molecule has 1 rings (SSSR count). The van der Waals surface area contributed by atoms with E-state index in [1.54, 1.807) is 6.07 Å². The fourth-order valence-corrected chi connectivity index (χ4v) is 1.30. The minimum atomic E-state index is -1.83. The highest BCUT2D eigenvalue weighted by Gasteiger charge is 2.16. The minimum Gasteiger partial charge on any atom is -0.549 e. The molecule has 0 aliphatic rings. The first kappa shape index (κ1) is 10.5. The van der Waals surface area contributed by atoms with Crippen molar-refractivity contribution < 1.29 is 19.8 Å². The third-order valence-electron chi connectivity index (χ3n) is 1.69. The maximum Gasteiger partial charge on any atom is 0.0646 e. The van der Waals surface area contributed by atoms with Gasteiger partial charge in [0, 0.05) is 5.02 Å². The van der Waals surface area contributed by atoms with Gasteiger partial charge in [-0.1, -0.05) is 29.8 Å². The number of carboxylic acid groups (broad SMARTS) is 2. The summed E-state index contributed by atoms with van der Waals surface area (Å²) in [6, 6.07) is 5.75. The number of halogens is 1. The van der Waals surface area contributed by atoms with Crippen LogP contribution in [0.1, 0.15) is 11.5 Å². The highest BCUT2D eigenvalue weighted by molar-refractivity contribution is 6.32. The van der Waals surface area contributed by atoms with Gasteiger partial charge in [-0.15, -0.1) is 0 Å². The van der Waals surface area contributed by atoms with Gasteiger partial charge >= 0.3 is 0 Å². The number of hydrogen-bond donors (Lipinski definition) is 0. The van der Waals surface area contributed by atoms with Gasteiger partial charge in [0.25, 0.3) is 0 Å². The Morgan fingerprint density at radius 3 is 2.07 bits per heavy atom. The summed E-state index contributed by atoms with van der Waals surface area (Å²) in [5.41, 5.74) is -0.0332. The van der Waals surface area contributed by atoms with Crippen molar-refractivity contribution in [3.05, 3.63) is 34.9 Å². The maximum absolute atomic E-state index is 10.5. The Morgan fingerprint density at radius 1 is 1.14 bits per heavy atom. The van der Waals surface area contributed by atoms with Crippen LogP contribution in [0.2, 0.25) is 5.02 Å². The zero-order valence-electron chi connectivity index (χ0n) is 6.90. The first-order valence-electron chi connectivity index (χ1n) is 3.70. The van der Waals surface area contributed by atoms with Crippen LogP contribution < -0.4 is 10.2 Å². The minimum absolute atomic E-state index is 0.0332. The quantitative estimate of drug-likeness (QED) is 0.597. The van der Waals surface area contributed by atoms with Gasteiger partial charge < -0.3 is 19.8 Å². The first-order chi connectivity index (χ1) is 6.54. The molecule has 74 valence electrons. The second-order valence-corrected chi connectivity index (χ2v) is 3.00. The van der Waals surface area contributed by atoms with E-state index < -0.39 is 17.9 Å². The SMILES string of the molecule is O=C([O-])C(C(=O)[O-])c1ccccc1Cl. The lowest BCUT2D eigenvalue weighted by atomic mass is 10.00. The molecule has 5 heteroatoms. The monoisotopic (exact) mass is 212 g/mol. The number of carbonyl (C=O) groups is 2. The average Bonchev–Trinajstić information content (AvgIpc) is 2.07. The Hall–Kier alpha value is -1.55. The molecule has 0 N–H and O–H groups in total. The lowest BCUT2D eigenvalue weighted by Gasteiger charge is -2.20. The molecular weight excluding hydrogens is 208 g/mol. The molecule has 0 fully saturated rings. The van der Waals surface area contributed by atoms with Crippen LogP contribution in [-0.2, 0) is 9.59 Å². The molecule has 1 aromatic rings. The zero-order chi connectivity index (χ0) is 10.7. The molecule has 0 aliphatic heterocycles. The Kier molecular flexibility index (Phi) is 3.09. The molecule has 0 aliphatic carbocycles. The smallest absolute Gasteiger partial charge is 0.0646 e. The predicted molar refractivity (Wildman–Crippen MR) is 44.2 cm³/mol. The molecule has 0 aromatic heterocycles. The van der Waals surface area contributed by atoms with E-state index >= 15 is 0 Å².